The average molecular weight is 435 g/mol. The summed E-state index contributed by atoms with van der Waals surface area (Å²) in [6.07, 6.45) is 2.96. The van der Waals surface area contributed by atoms with Gasteiger partial charge in [-0.05, 0) is 106 Å². The molecule has 1 saturated heterocycles. The lowest BCUT2D eigenvalue weighted by molar-refractivity contribution is -0.113. The number of nitrogens with zero attached hydrogens (tertiary/aromatic N) is 2. The number of benzene rings is 2. The molecule has 1 atom stereocenters. The molecule has 31 heavy (non-hydrogen) atoms. The predicted molar refractivity (Wildman–Crippen MR) is 131 cm³/mol. The Kier molecular flexibility index (Phi) is 5.50. The zero-order valence-electron chi connectivity index (χ0n) is 19.1. The van der Waals surface area contributed by atoms with Crippen LogP contribution in [0.15, 0.2) is 47.4 Å². The van der Waals surface area contributed by atoms with E-state index in [1.165, 1.54) is 16.2 Å². The minimum Gasteiger partial charge on any atom is -0.364 e. The molecule has 0 N–H and O–H groups in total. The summed E-state index contributed by atoms with van der Waals surface area (Å²) in [5.74, 6) is 0.170. The average Bonchev–Trinajstić information content (AvgIpc) is 2.96. The van der Waals surface area contributed by atoms with Gasteiger partial charge in [-0.25, -0.2) is 4.90 Å². The number of hydrogen-bond donors (Lipinski definition) is 0. The minimum atomic E-state index is -0.253. The molecule has 0 bridgehead atoms. The van der Waals surface area contributed by atoms with E-state index in [0.29, 0.717) is 22.6 Å². The van der Waals surface area contributed by atoms with Crippen LogP contribution in [0.4, 0.5) is 16.2 Å². The standard InChI is InChI=1S/C26H30N2O2S/c1-16(2)28-22-12-17(3)19(13-21(22)18(4)15-26(28,5)6)14-23-24(29)27(25(30)31-23)20-10-8-7-9-11-20/h7-14,16,18H,15H2,1-6H3/b23-14-/t18-/m0/s1. The number of amides is 2. The second-order valence-corrected chi connectivity index (χ2v) is 10.5. The number of aryl methyl sites for hydroxylation is 1. The highest BCUT2D eigenvalue weighted by Crippen LogP contribution is 2.46. The molecule has 162 valence electrons. The summed E-state index contributed by atoms with van der Waals surface area (Å²) in [7, 11) is 0. The number of carbonyl (C=O) groups is 2. The van der Waals surface area contributed by atoms with Gasteiger partial charge in [-0.15, -0.1) is 0 Å². The molecule has 0 radical (unpaired) electrons. The highest BCUT2D eigenvalue weighted by molar-refractivity contribution is 8.19. The van der Waals surface area contributed by atoms with Gasteiger partial charge in [-0.3, -0.25) is 9.59 Å². The Labute approximate surface area is 189 Å². The van der Waals surface area contributed by atoms with Gasteiger partial charge in [0.15, 0.2) is 0 Å². The Morgan fingerprint density at radius 1 is 1.13 bits per heavy atom. The number of rotatable bonds is 3. The molecule has 0 aliphatic carbocycles. The van der Waals surface area contributed by atoms with Gasteiger partial charge in [-0.1, -0.05) is 25.1 Å². The summed E-state index contributed by atoms with van der Waals surface area (Å²) in [4.78, 5) is 29.8. The Balaban J connectivity index is 1.74. The third-order valence-corrected chi connectivity index (χ3v) is 7.14. The summed E-state index contributed by atoms with van der Waals surface area (Å²) in [5.41, 5.74) is 5.41. The van der Waals surface area contributed by atoms with E-state index in [1.807, 2.05) is 24.3 Å². The first-order valence-corrected chi connectivity index (χ1v) is 11.7. The van der Waals surface area contributed by atoms with Gasteiger partial charge >= 0.3 is 0 Å². The summed E-state index contributed by atoms with van der Waals surface area (Å²) >= 11 is 1.01. The van der Waals surface area contributed by atoms with Crippen molar-refractivity contribution in [1.82, 2.24) is 0 Å². The molecule has 4 rings (SSSR count). The maximum Gasteiger partial charge on any atom is 0.298 e. The van der Waals surface area contributed by atoms with Gasteiger partial charge in [0.25, 0.3) is 11.1 Å². The van der Waals surface area contributed by atoms with Gasteiger partial charge in [0, 0.05) is 17.3 Å². The molecular weight excluding hydrogens is 404 g/mol. The minimum absolute atomic E-state index is 0.0902. The van der Waals surface area contributed by atoms with Crippen molar-refractivity contribution in [3.63, 3.8) is 0 Å². The number of carbonyl (C=O) groups excluding carboxylic acids is 2. The summed E-state index contributed by atoms with van der Waals surface area (Å²) < 4.78 is 0. The number of hydrogen-bond acceptors (Lipinski definition) is 4. The van der Waals surface area contributed by atoms with E-state index < -0.39 is 0 Å². The first kappa shape index (κ1) is 21.7. The van der Waals surface area contributed by atoms with Gasteiger partial charge in [0.05, 0.1) is 10.6 Å². The lowest BCUT2D eigenvalue weighted by atomic mass is 9.78. The fraction of sp³-hybridized carbons (Fsp3) is 0.385. The van der Waals surface area contributed by atoms with Crippen molar-refractivity contribution in [3.8, 4) is 0 Å². The molecule has 0 saturated carbocycles. The fourth-order valence-electron chi connectivity index (χ4n) is 5.16. The zero-order chi connectivity index (χ0) is 22.5. The molecule has 4 nitrogen and oxygen atoms in total. The van der Waals surface area contributed by atoms with Crippen LogP contribution in [0.25, 0.3) is 6.08 Å². The van der Waals surface area contributed by atoms with Crippen LogP contribution in [0.1, 0.15) is 63.6 Å². The predicted octanol–water partition coefficient (Wildman–Crippen LogP) is 6.74. The van der Waals surface area contributed by atoms with Crippen molar-refractivity contribution in [2.45, 2.75) is 65.5 Å². The van der Waals surface area contributed by atoms with Gasteiger partial charge in [-0.2, -0.15) is 0 Å². The van der Waals surface area contributed by atoms with Crippen LogP contribution < -0.4 is 9.80 Å². The van der Waals surface area contributed by atoms with E-state index >= 15 is 0 Å². The van der Waals surface area contributed by atoms with Crippen molar-refractivity contribution in [3.05, 3.63) is 64.1 Å². The lowest BCUT2D eigenvalue weighted by Crippen LogP contribution is -2.51. The van der Waals surface area contributed by atoms with Crippen LogP contribution in [0.2, 0.25) is 0 Å². The summed E-state index contributed by atoms with van der Waals surface area (Å²) in [6, 6.07) is 14.0. The van der Waals surface area contributed by atoms with Crippen molar-refractivity contribution in [2.75, 3.05) is 9.80 Å². The molecule has 1 fully saturated rings. The van der Waals surface area contributed by atoms with Crippen molar-refractivity contribution in [2.24, 2.45) is 0 Å². The first-order chi connectivity index (χ1) is 14.6. The summed E-state index contributed by atoms with van der Waals surface area (Å²) in [6.45, 7) is 13.5. The quantitative estimate of drug-likeness (QED) is 0.502. The Morgan fingerprint density at radius 2 is 1.81 bits per heavy atom. The molecule has 0 unspecified atom stereocenters. The van der Waals surface area contributed by atoms with Crippen molar-refractivity contribution >= 4 is 40.4 Å². The van der Waals surface area contributed by atoms with E-state index in [9.17, 15) is 9.59 Å². The van der Waals surface area contributed by atoms with E-state index in [0.717, 1.165) is 29.3 Å². The van der Waals surface area contributed by atoms with Gasteiger partial charge < -0.3 is 4.90 Å². The van der Waals surface area contributed by atoms with E-state index in [2.05, 4.69) is 58.6 Å². The fourth-order valence-corrected chi connectivity index (χ4v) is 5.99. The first-order valence-electron chi connectivity index (χ1n) is 10.9. The smallest absolute Gasteiger partial charge is 0.298 e. The van der Waals surface area contributed by atoms with E-state index in [-0.39, 0.29) is 16.7 Å². The third kappa shape index (κ3) is 3.80. The Bertz CT molecular complexity index is 1070. The molecule has 5 heteroatoms. The molecule has 2 aliphatic rings. The van der Waals surface area contributed by atoms with Gasteiger partial charge in [0.1, 0.15) is 0 Å². The molecule has 2 heterocycles. The van der Waals surface area contributed by atoms with Crippen LogP contribution in [-0.2, 0) is 4.79 Å². The molecule has 0 spiro atoms. The number of fused-ring (bicyclic) bond motifs is 1. The van der Waals surface area contributed by atoms with Gasteiger partial charge in [0.2, 0.25) is 0 Å². The lowest BCUT2D eigenvalue weighted by Gasteiger charge is -2.50. The Morgan fingerprint density at radius 3 is 2.45 bits per heavy atom. The zero-order valence-corrected chi connectivity index (χ0v) is 19.9. The number of imide groups is 1. The number of thioether (sulfide) groups is 1. The van der Waals surface area contributed by atoms with E-state index in [1.54, 1.807) is 12.1 Å². The van der Waals surface area contributed by atoms with Crippen molar-refractivity contribution < 1.29 is 9.59 Å². The normalized spacial score (nSPS) is 21.9. The highest BCUT2D eigenvalue weighted by atomic mass is 32.2. The Hall–Kier alpha value is -2.53. The highest BCUT2D eigenvalue weighted by Gasteiger charge is 2.39. The van der Waals surface area contributed by atoms with Crippen LogP contribution in [0.5, 0.6) is 0 Å². The molecule has 0 aromatic heterocycles. The topological polar surface area (TPSA) is 40.6 Å². The molecule has 2 aromatic rings. The molecule has 2 aromatic carbocycles. The maximum absolute atomic E-state index is 13.0. The number of para-hydroxylation sites is 1. The molecular formula is C26H30N2O2S. The SMILES string of the molecule is Cc1cc2c(cc1/C=C1\SC(=O)N(c3ccccc3)C1=O)[C@@H](C)CC(C)(C)N2C(C)C. The monoisotopic (exact) mass is 434 g/mol. The number of anilines is 2. The second-order valence-electron chi connectivity index (χ2n) is 9.50. The van der Waals surface area contributed by atoms with Crippen LogP contribution in [0.3, 0.4) is 0 Å². The van der Waals surface area contributed by atoms with E-state index in [4.69, 9.17) is 0 Å². The summed E-state index contributed by atoms with van der Waals surface area (Å²) in [5, 5.41) is -0.251. The second kappa shape index (κ2) is 7.86. The molecule has 2 aliphatic heterocycles. The largest absolute Gasteiger partial charge is 0.364 e. The molecule has 2 amide bonds. The van der Waals surface area contributed by atoms with Crippen LogP contribution >= 0.6 is 11.8 Å². The van der Waals surface area contributed by atoms with Crippen LogP contribution in [0, 0.1) is 6.92 Å². The maximum atomic E-state index is 13.0. The third-order valence-electron chi connectivity index (χ3n) is 6.27. The van der Waals surface area contributed by atoms with Crippen molar-refractivity contribution in [1.29, 1.82) is 0 Å². The van der Waals surface area contributed by atoms with Crippen LogP contribution in [-0.4, -0.2) is 22.7 Å².